The van der Waals surface area contributed by atoms with Gasteiger partial charge in [0.15, 0.2) is 0 Å². The molecule has 0 saturated carbocycles. The largest absolute Gasteiger partial charge is 0.387 e. The summed E-state index contributed by atoms with van der Waals surface area (Å²) in [6, 6.07) is 18.8. The first-order valence-electron chi connectivity index (χ1n) is 9.76. The number of hydrogen-bond donors (Lipinski definition) is 1. The molecule has 0 amide bonds. The van der Waals surface area contributed by atoms with Gasteiger partial charge in [-0.25, -0.2) is 0 Å². The van der Waals surface area contributed by atoms with E-state index in [1.54, 1.807) is 11.3 Å². The smallest absolute Gasteiger partial charge is 0.0956 e. The van der Waals surface area contributed by atoms with Crippen molar-refractivity contribution in [3.63, 3.8) is 0 Å². The summed E-state index contributed by atoms with van der Waals surface area (Å²) in [6.45, 7) is 4.77. The lowest BCUT2D eigenvalue weighted by Gasteiger charge is -2.37. The minimum absolute atomic E-state index is 0.109. The lowest BCUT2D eigenvalue weighted by molar-refractivity contribution is -0.0266. The van der Waals surface area contributed by atoms with Crippen molar-refractivity contribution >= 4 is 21.4 Å². The Labute approximate surface area is 165 Å². The van der Waals surface area contributed by atoms with Gasteiger partial charge in [0.05, 0.1) is 18.8 Å². The number of rotatable bonds is 6. The molecule has 2 heterocycles. The van der Waals surface area contributed by atoms with Crippen LogP contribution in [-0.4, -0.2) is 35.2 Å². The van der Waals surface area contributed by atoms with Gasteiger partial charge in [-0.05, 0) is 42.2 Å². The third-order valence-corrected chi connectivity index (χ3v) is 6.65. The second kappa shape index (κ2) is 8.53. The third-order valence-electron chi connectivity index (χ3n) is 5.67. The van der Waals surface area contributed by atoms with E-state index in [9.17, 15) is 5.11 Å². The highest BCUT2D eigenvalue weighted by Gasteiger charge is 2.29. The van der Waals surface area contributed by atoms with E-state index in [1.807, 2.05) is 12.1 Å². The number of nitrogens with zero attached hydrogens (tertiary/aromatic N) is 1. The van der Waals surface area contributed by atoms with Crippen molar-refractivity contribution in [2.24, 2.45) is 0 Å². The van der Waals surface area contributed by atoms with Gasteiger partial charge in [-0.3, -0.25) is 4.90 Å². The predicted octanol–water partition coefficient (Wildman–Crippen LogP) is 5.00. The van der Waals surface area contributed by atoms with Crippen molar-refractivity contribution in [3.05, 3.63) is 71.1 Å². The molecule has 0 bridgehead atoms. The highest BCUT2D eigenvalue weighted by molar-refractivity contribution is 7.17. The van der Waals surface area contributed by atoms with E-state index in [1.165, 1.54) is 15.6 Å². The number of piperidine rings is 1. The molecule has 1 aliphatic rings. The third kappa shape index (κ3) is 4.25. The van der Waals surface area contributed by atoms with Crippen LogP contribution < -0.4 is 0 Å². The fourth-order valence-electron chi connectivity index (χ4n) is 3.92. The zero-order chi connectivity index (χ0) is 18.6. The summed E-state index contributed by atoms with van der Waals surface area (Å²) in [5.74, 6) is 0. The SMILES string of the molecule is CC(C(O)c1csc2ccccc12)N1CCC(OCc2ccccc2)CC1. The van der Waals surface area contributed by atoms with Gasteiger partial charge in [0.25, 0.3) is 0 Å². The van der Waals surface area contributed by atoms with Crippen molar-refractivity contribution in [1.82, 2.24) is 4.90 Å². The van der Waals surface area contributed by atoms with Crippen LogP contribution in [0.15, 0.2) is 60.0 Å². The van der Waals surface area contributed by atoms with E-state index in [0.717, 1.165) is 31.5 Å². The van der Waals surface area contributed by atoms with Gasteiger partial charge in [0.1, 0.15) is 0 Å². The maximum Gasteiger partial charge on any atom is 0.0956 e. The molecule has 2 unspecified atom stereocenters. The Morgan fingerprint density at radius 2 is 1.78 bits per heavy atom. The van der Waals surface area contributed by atoms with Crippen LogP contribution >= 0.6 is 11.3 Å². The fraction of sp³-hybridized carbons (Fsp3) is 0.391. The molecular formula is C23H27NO2S. The molecule has 27 heavy (non-hydrogen) atoms. The van der Waals surface area contributed by atoms with Crippen LogP contribution in [0.3, 0.4) is 0 Å². The van der Waals surface area contributed by atoms with E-state index in [2.05, 4.69) is 59.7 Å². The first-order chi connectivity index (χ1) is 13.2. The first-order valence-corrected chi connectivity index (χ1v) is 10.6. The minimum Gasteiger partial charge on any atom is -0.387 e. The molecule has 1 saturated heterocycles. The quantitative estimate of drug-likeness (QED) is 0.652. The maximum atomic E-state index is 11.0. The van der Waals surface area contributed by atoms with Crippen molar-refractivity contribution in [3.8, 4) is 0 Å². The molecule has 4 heteroatoms. The summed E-state index contributed by atoms with van der Waals surface area (Å²) >= 11 is 1.71. The second-order valence-electron chi connectivity index (χ2n) is 7.40. The summed E-state index contributed by atoms with van der Waals surface area (Å²) in [7, 11) is 0. The zero-order valence-electron chi connectivity index (χ0n) is 15.8. The minimum atomic E-state index is -0.456. The molecule has 1 aliphatic heterocycles. The fourth-order valence-corrected chi connectivity index (χ4v) is 4.92. The van der Waals surface area contributed by atoms with E-state index in [-0.39, 0.29) is 6.04 Å². The molecule has 0 radical (unpaired) electrons. The highest BCUT2D eigenvalue weighted by Crippen LogP contribution is 2.33. The number of aliphatic hydroxyl groups excluding tert-OH is 1. The van der Waals surface area contributed by atoms with Gasteiger partial charge >= 0.3 is 0 Å². The molecule has 142 valence electrons. The van der Waals surface area contributed by atoms with Crippen LogP contribution in [0.25, 0.3) is 10.1 Å². The Bertz CT molecular complexity index is 855. The van der Waals surface area contributed by atoms with Crippen molar-refractivity contribution in [2.45, 2.75) is 44.6 Å². The van der Waals surface area contributed by atoms with Gasteiger partial charge in [-0.2, -0.15) is 0 Å². The van der Waals surface area contributed by atoms with E-state index in [0.29, 0.717) is 12.7 Å². The average Bonchev–Trinajstić information content (AvgIpc) is 3.16. The van der Waals surface area contributed by atoms with Gasteiger partial charge in [-0.1, -0.05) is 48.5 Å². The number of likely N-dealkylation sites (tertiary alicyclic amines) is 1. The van der Waals surface area contributed by atoms with Crippen LogP contribution in [0.2, 0.25) is 0 Å². The molecule has 3 nitrogen and oxygen atoms in total. The average molecular weight is 382 g/mol. The molecule has 1 fully saturated rings. The number of aliphatic hydroxyl groups is 1. The Hall–Kier alpha value is -1.72. The molecule has 1 N–H and O–H groups in total. The molecule has 3 aromatic rings. The lowest BCUT2D eigenvalue weighted by atomic mass is 9.98. The Balaban J connectivity index is 1.32. The summed E-state index contributed by atoms with van der Waals surface area (Å²) in [4.78, 5) is 2.40. The van der Waals surface area contributed by atoms with Gasteiger partial charge < -0.3 is 9.84 Å². The van der Waals surface area contributed by atoms with Crippen LogP contribution in [0.4, 0.5) is 0 Å². The van der Waals surface area contributed by atoms with Gasteiger partial charge in [0, 0.05) is 29.4 Å². The van der Waals surface area contributed by atoms with Crippen molar-refractivity contribution in [2.75, 3.05) is 13.1 Å². The highest BCUT2D eigenvalue weighted by atomic mass is 32.1. The monoisotopic (exact) mass is 381 g/mol. The summed E-state index contributed by atoms with van der Waals surface area (Å²) in [5, 5.41) is 14.3. The molecular weight excluding hydrogens is 354 g/mol. The van der Waals surface area contributed by atoms with Crippen LogP contribution in [-0.2, 0) is 11.3 Å². The second-order valence-corrected chi connectivity index (χ2v) is 8.32. The van der Waals surface area contributed by atoms with E-state index < -0.39 is 6.10 Å². The van der Waals surface area contributed by atoms with E-state index in [4.69, 9.17) is 4.74 Å². The molecule has 2 aromatic carbocycles. The van der Waals surface area contributed by atoms with Crippen molar-refractivity contribution in [1.29, 1.82) is 0 Å². The molecule has 1 aromatic heterocycles. The van der Waals surface area contributed by atoms with Gasteiger partial charge in [-0.15, -0.1) is 11.3 Å². The standard InChI is InChI=1S/C23H27NO2S/c1-17(23(25)21-16-27-22-10-6-5-9-20(21)22)24-13-11-19(12-14-24)26-15-18-7-3-2-4-8-18/h2-10,16-17,19,23,25H,11-15H2,1H3. The first kappa shape index (κ1) is 18.6. The topological polar surface area (TPSA) is 32.7 Å². The number of ether oxygens (including phenoxy) is 1. The Morgan fingerprint density at radius 1 is 1.07 bits per heavy atom. The van der Waals surface area contributed by atoms with Crippen molar-refractivity contribution < 1.29 is 9.84 Å². The number of benzene rings is 2. The molecule has 0 aliphatic carbocycles. The van der Waals surface area contributed by atoms with Gasteiger partial charge in [0.2, 0.25) is 0 Å². The summed E-state index contributed by atoms with van der Waals surface area (Å²) in [5.41, 5.74) is 2.29. The van der Waals surface area contributed by atoms with Crippen LogP contribution in [0, 0.1) is 0 Å². The number of fused-ring (bicyclic) bond motifs is 1. The Kier molecular flexibility index (Phi) is 5.89. The molecule has 0 spiro atoms. The molecule has 2 atom stereocenters. The van der Waals surface area contributed by atoms with Crippen LogP contribution in [0.1, 0.15) is 37.0 Å². The summed E-state index contributed by atoms with van der Waals surface area (Å²) < 4.78 is 7.34. The Morgan fingerprint density at radius 3 is 2.56 bits per heavy atom. The van der Waals surface area contributed by atoms with E-state index >= 15 is 0 Å². The number of hydrogen-bond acceptors (Lipinski definition) is 4. The molecule has 4 rings (SSSR count). The lowest BCUT2D eigenvalue weighted by Crippen LogP contribution is -2.44. The normalized spacial score (nSPS) is 18.6. The predicted molar refractivity (Wildman–Crippen MR) is 112 cm³/mol. The zero-order valence-corrected chi connectivity index (χ0v) is 16.6. The number of thiophene rings is 1. The van der Waals surface area contributed by atoms with Crippen LogP contribution in [0.5, 0.6) is 0 Å². The maximum absolute atomic E-state index is 11.0. The summed E-state index contributed by atoms with van der Waals surface area (Å²) in [6.07, 6.45) is 1.90.